The highest BCUT2D eigenvalue weighted by atomic mass is 16.8. The van der Waals surface area contributed by atoms with Crippen LogP contribution in [0.1, 0.15) is 13.8 Å². The first kappa shape index (κ1) is 11.7. The largest absolute Gasteiger partial charge is 0.368 e. The van der Waals surface area contributed by atoms with E-state index in [1.165, 1.54) is 0 Å². The molecule has 2 saturated heterocycles. The number of carbonyl (C=O) groups is 1. The molecular weight excluding hydrogens is 212 g/mol. The highest BCUT2D eigenvalue weighted by Gasteiger charge is 2.55. The van der Waals surface area contributed by atoms with Crippen molar-refractivity contribution >= 4 is 6.29 Å². The van der Waals surface area contributed by atoms with Gasteiger partial charge < -0.3 is 23.7 Å². The summed E-state index contributed by atoms with van der Waals surface area (Å²) in [4.78, 5) is 10.8. The van der Waals surface area contributed by atoms with Crippen LogP contribution in [0.25, 0.3) is 0 Å². The number of aldehydes is 1. The van der Waals surface area contributed by atoms with E-state index in [1.807, 2.05) is 0 Å². The molecule has 0 aromatic heterocycles. The zero-order valence-electron chi connectivity index (χ0n) is 9.42. The summed E-state index contributed by atoms with van der Waals surface area (Å²) in [5, 5.41) is 0. The third-order valence-electron chi connectivity index (χ3n) is 2.57. The smallest absolute Gasteiger partial charge is 0.190 e. The number of hydrogen-bond donors (Lipinski definition) is 0. The highest BCUT2D eigenvalue weighted by molar-refractivity contribution is 5.58. The lowest BCUT2D eigenvalue weighted by molar-refractivity contribution is -0.214. The van der Waals surface area contributed by atoms with Crippen LogP contribution in [-0.2, 0) is 23.7 Å². The van der Waals surface area contributed by atoms with Gasteiger partial charge in [0, 0.05) is 0 Å². The molecule has 16 heavy (non-hydrogen) atoms. The normalized spacial score (nSPS) is 40.6. The molecule has 90 valence electrons. The molecule has 0 unspecified atom stereocenters. The Labute approximate surface area is 94.3 Å². The standard InChI is InChI=1S/C11H16O5/c1-4-5-13-8-7(6-12)14-10-9(8)15-11(2,3)16-10/h4,6-10H,1,5H2,2-3H3/t7-,8-,9-,10-/m1/s1. The first-order chi connectivity index (χ1) is 7.57. The Morgan fingerprint density at radius 2 is 2.19 bits per heavy atom. The van der Waals surface area contributed by atoms with Gasteiger partial charge in [0.2, 0.25) is 0 Å². The molecule has 0 aliphatic carbocycles. The van der Waals surface area contributed by atoms with Crippen LogP contribution in [0.2, 0.25) is 0 Å². The van der Waals surface area contributed by atoms with Crippen molar-refractivity contribution in [2.45, 2.75) is 44.2 Å². The molecule has 2 aliphatic rings. The summed E-state index contributed by atoms with van der Waals surface area (Å²) in [5.74, 6) is -0.695. The summed E-state index contributed by atoms with van der Waals surface area (Å²) in [6.45, 7) is 7.51. The number of fused-ring (bicyclic) bond motifs is 1. The summed E-state index contributed by atoms with van der Waals surface area (Å²) in [6.07, 6.45) is 0.389. The zero-order valence-corrected chi connectivity index (χ0v) is 9.42. The van der Waals surface area contributed by atoms with Crippen molar-refractivity contribution in [3.8, 4) is 0 Å². The average molecular weight is 228 g/mol. The minimum Gasteiger partial charge on any atom is -0.368 e. The number of hydrogen-bond acceptors (Lipinski definition) is 5. The lowest BCUT2D eigenvalue weighted by Gasteiger charge is -2.23. The Hall–Kier alpha value is -0.750. The number of carbonyl (C=O) groups excluding carboxylic acids is 1. The number of ether oxygens (including phenoxy) is 4. The molecule has 0 aromatic carbocycles. The molecule has 5 heteroatoms. The fourth-order valence-corrected chi connectivity index (χ4v) is 1.98. The van der Waals surface area contributed by atoms with Crippen LogP contribution in [0.15, 0.2) is 12.7 Å². The maximum absolute atomic E-state index is 10.8. The summed E-state index contributed by atoms with van der Waals surface area (Å²) in [5.41, 5.74) is 0. The van der Waals surface area contributed by atoms with Crippen molar-refractivity contribution < 1.29 is 23.7 Å². The second-order valence-corrected chi connectivity index (χ2v) is 4.29. The van der Waals surface area contributed by atoms with Crippen molar-refractivity contribution in [1.82, 2.24) is 0 Å². The van der Waals surface area contributed by atoms with E-state index in [-0.39, 0.29) is 6.10 Å². The fourth-order valence-electron chi connectivity index (χ4n) is 1.98. The van der Waals surface area contributed by atoms with Gasteiger partial charge in [0.05, 0.1) is 6.61 Å². The summed E-state index contributed by atoms with van der Waals surface area (Å²) >= 11 is 0. The van der Waals surface area contributed by atoms with E-state index in [1.54, 1.807) is 19.9 Å². The molecular formula is C11H16O5. The highest BCUT2D eigenvalue weighted by Crippen LogP contribution is 2.38. The maximum Gasteiger partial charge on any atom is 0.190 e. The van der Waals surface area contributed by atoms with Crippen molar-refractivity contribution in [2.75, 3.05) is 6.61 Å². The van der Waals surface area contributed by atoms with Crippen LogP contribution in [0, 0.1) is 0 Å². The Balaban J connectivity index is 2.07. The predicted molar refractivity (Wildman–Crippen MR) is 54.7 cm³/mol. The molecule has 4 atom stereocenters. The Morgan fingerprint density at radius 1 is 1.44 bits per heavy atom. The van der Waals surface area contributed by atoms with Gasteiger partial charge in [-0.2, -0.15) is 0 Å². The van der Waals surface area contributed by atoms with Crippen molar-refractivity contribution in [3.05, 3.63) is 12.7 Å². The molecule has 2 heterocycles. The molecule has 0 amide bonds. The van der Waals surface area contributed by atoms with Gasteiger partial charge in [-0.25, -0.2) is 0 Å². The summed E-state index contributed by atoms with van der Waals surface area (Å²) in [7, 11) is 0. The molecule has 0 spiro atoms. The molecule has 0 N–H and O–H groups in total. The van der Waals surface area contributed by atoms with Gasteiger partial charge in [-0.15, -0.1) is 6.58 Å². The van der Waals surface area contributed by atoms with Crippen LogP contribution >= 0.6 is 0 Å². The van der Waals surface area contributed by atoms with Crippen molar-refractivity contribution in [3.63, 3.8) is 0 Å². The van der Waals surface area contributed by atoms with E-state index in [0.29, 0.717) is 12.9 Å². The van der Waals surface area contributed by atoms with E-state index in [4.69, 9.17) is 18.9 Å². The topological polar surface area (TPSA) is 54.0 Å². The zero-order chi connectivity index (χ0) is 11.8. The molecule has 5 nitrogen and oxygen atoms in total. The lowest BCUT2D eigenvalue weighted by atomic mass is 10.1. The van der Waals surface area contributed by atoms with Crippen molar-refractivity contribution in [1.29, 1.82) is 0 Å². The SMILES string of the molecule is C=CCO[C@H]1[C@H]2OC(C)(C)O[C@H]2O[C@@H]1C=O. The fraction of sp³-hybridized carbons (Fsp3) is 0.727. The molecule has 0 radical (unpaired) electrons. The summed E-state index contributed by atoms with van der Waals surface area (Å²) in [6, 6.07) is 0. The molecule has 0 saturated carbocycles. The molecule has 2 rings (SSSR count). The maximum atomic E-state index is 10.8. The Morgan fingerprint density at radius 3 is 2.81 bits per heavy atom. The van der Waals surface area contributed by atoms with Gasteiger partial charge in [0.1, 0.15) is 18.3 Å². The van der Waals surface area contributed by atoms with Crippen LogP contribution in [0.3, 0.4) is 0 Å². The summed E-state index contributed by atoms with van der Waals surface area (Å²) < 4.78 is 22.0. The van der Waals surface area contributed by atoms with Gasteiger partial charge in [-0.1, -0.05) is 6.08 Å². The predicted octanol–water partition coefficient (Wildman–Crippen LogP) is 0.633. The monoisotopic (exact) mass is 228 g/mol. The average Bonchev–Trinajstić information content (AvgIpc) is 2.67. The van der Waals surface area contributed by atoms with Gasteiger partial charge in [0.15, 0.2) is 18.4 Å². The molecule has 2 aliphatic heterocycles. The Bertz CT molecular complexity index is 288. The third-order valence-corrected chi connectivity index (χ3v) is 2.57. The van der Waals surface area contributed by atoms with Gasteiger partial charge in [-0.05, 0) is 13.8 Å². The third kappa shape index (κ3) is 2.04. The van der Waals surface area contributed by atoms with E-state index < -0.39 is 24.3 Å². The minimum absolute atomic E-state index is 0.353. The van der Waals surface area contributed by atoms with E-state index >= 15 is 0 Å². The minimum atomic E-state index is -0.695. The van der Waals surface area contributed by atoms with E-state index in [0.717, 1.165) is 0 Å². The first-order valence-electron chi connectivity index (χ1n) is 5.26. The first-order valence-corrected chi connectivity index (χ1v) is 5.26. The van der Waals surface area contributed by atoms with Gasteiger partial charge >= 0.3 is 0 Å². The van der Waals surface area contributed by atoms with Crippen LogP contribution in [0.5, 0.6) is 0 Å². The molecule has 0 bridgehead atoms. The lowest BCUT2D eigenvalue weighted by Crippen LogP contribution is -2.37. The molecule has 2 fully saturated rings. The van der Waals surface area contributed by atoms with Gasteiger partial charge in [-0.3, -0.25) is 0 Å². The molecule has 0 aromatic rings. The second-order valence-electron chi connectivity index (χ2n) is 4.29. The van der Waals surface area contributed by atoms with Gasteiger partial charge in [0.25, 0.3) is 0 Å². The quantitative estimate of drug-likeness (QED) is 0.522. The van der Waals surface area contributed by atoms with Crippen LogP contribution in [-0.4, -0.2) is 43.3 Å². The van der Waals surface area contributed by atoms with Crippen molar-refractivity contribution in [2.24, 2.45) is 0 Å². The van der Waals surface area contributed by atoms with E-state index in [9.17, 15) is 4.79 Å². The van der Waals surface area contributed by atoms with E-state index in [2.05, 4.69) is 6.58 Å². The second kappa shape index (κ2) is 4.25. The Kier molecular flexibility index (Phi) is 3.12. The number of rotatable bonds is 4. The van der Waals surface area contributed by atoms with Crippen LogP contribution < -0.4 is 0 Å². The van der Waals surface area contributed by atoms with Crippen LogP contribution in [0.4, 0.5) is 0 Å².